The number of ether oxygens (including phenoxy) is 1. The zero-order valence-electron chi connectivity index (χ0n) is 14.8. The molecule has 1 amide bonds. The van der Waals surface area contributed by atoms with Crippen LogP contribution in [0.1, 0.15) is 36.8 Å². The van der Waals surface area contributed by atoms with E-state index in [0.29, 0.717) is 11.6 Å². The van der Waals surface area contributed by atoms with Crippen molar-refractivity contribution in [1.82, 2.24) is 4.90 Å². The van der Waals surface area contributed by atoms with E-state index in [1.165, 1.54) is 0 Å². The van der Waals surface area contributed by atoms with Crippen LogP contribution in [0.5, 0.6) is 5.75 Å². The number of benzene rings is 2. The molecule has 4 heteroatoms. The Morgan fingerprint density at radius 1 is 1.12 bits per heavy atom. The van der Waals surface area contributed by atoms with E-state index < -0.39 is 5.41 Å². The third-order valence-corrected chi connectivity index (χ3v) is 5.46. The smallest absolute Gasteiger partial charge is 0.233 e. The molecular weight excluding hydrogens is 334 g/mol. The van der Waals surface area contributed by atoms with E-state index in [1.807, 2.05) is 60.5 Å². The Kier molecular flexibility index (Phi) is 5.33. The number of nitrogens with zero attached hydrogens (tertiary/aromatic N) is 1. The summed E-state index contributed by atoms with van der Waals surface area (Å²) in [6, 6.07) is 15.6. The van der Waals surface area contributed by atoms with Gasteiger partial charge in [-0.25, -0.2) is 0 Å². The zero-order valence-corrected chi connectivity index (χ0v) is 15.6. The summed E-state index contributed by atoms with van der Waals surface area (Å²) in [6.07, 6.45) is 3.95. The van der Waals surface area contributed by atoms with E-state index in [-0.39, 0.29) is 5.91 Å². The van der Waals surface area contributed by atoms with Crippen LogP contribution in [0.2, 0.25) is 5.02 Å². The lowest BCUT2D eigenvalue weighted by Crippen LogP contribution is -2.43. The molecule has 0 heterocycles. The highest BCUT2D eigenvalue weighted by Gasteiger charge is 2.44. The van der Waals surface area contributed by atoms with Crippen LogP contribution in [0.15, 0.2) is 48.5 Å². The minimum Gasteiger partial charge on any atom is -0.496 e. The Balaban J connectivity index is 1.86. The fourth-order valence-electron chi connectivity index (χ4n) is 3.90. The first-order chi connectivity index (χ1) is 12.1. The second-order valence-electron chi connectivity index (χ2n) is 6.77. The van der Waals surface area contributed by atoms with Crippen molar-refractivity contribution in [2.75, 3.05) is 14.2 Å². The number of para-hydroxylation sites is 1. The van der Waals surface area contributed by atoms with E-state index in [0.717, 1.165) is 42.6 Å². The molecule has 0 radical (unpaired) electrons. The van der Waals surface area contributed by atoms with Gasteiger partial charge in [0.15, 0.2) is 0 Å². The molecule has 3 nitrogen and oxygen atoms in total. The first kappa shape index (κ1) is 17.8. The van der Waals surface area contributed by atoms with Gasteiger partial charge in [0.2, 0.25) is 5.91 Å². The summed E-state index contributed by atoms with van der Waals surface area (Å²) >= 11 is 6.04. The summed E-state index contributed by atoms with van der Waals surface area (Å²) in [6.45, 7) is 0.540. The molecule has 0 atom stereocenters. The molecule has 0 aliphatic heterocycles. The number of hydrogen-bond acceptors (Lipinski definition) is 2. The van der Waals surface area contributed by atoms with Gasteiger partial charge in [-0.1, -0.05) is 54.8 Å². The summed E-state index contributed by atoms with van der Waals surface area (Å²) in [5, 5.41) is 0.701. The second-order valence-corrected chi connectivity index (χ2v) is 7.21. The second kappa shape index (κ2) is 7.49. The SMILES string of the molecule is COc1ccccc1CN(C)C(=O)C1(c2ccc(Cl)cc2)CCCC1. The molecule has 2 aromatic carbocycles. The molecule has 0 aromatic heterocycles. The molecule has 0 spiro atoms. The highest BCUT2D eigenvalue weighted by atomic mass is 35.5. The standard InChI is InChI=1S/C21H24ClNO2/c1-23(15-16-7-3-4-8-19(16)25-2)20(24)21(13-5-6-14-21)17-9-11-18(22)12-10-17/h3-4,7-12H,5-6,13-15H2,1-2H3. The molecule has 0 N–H and O–H groups in total. The van der Waals surface area contributed by atoms with Gasteiger partial charge in [-0.3, -0.25) is 4.79 Å². The van der Waals surface area contributed by atoms with Crippen molar-refractivity contribution in [2.45, 2.75) is 37.6 Å². The van der Waals surface area contributed by atoms with Crippen molar-refractivity contribution < 1.29 is 9.53 Å². The Labute approximate surface area is 154 Å². The van der Waals surface area contributed by atoms with Crippen LogP contribution in [-0.2, 0) is 16.8 Å². The third kappa shape index (κ3) is 3.52. The maximum Gasteiger partial charge on any atom is 0.233 e. The van der Waals surface area contributed by atoms with Gasteiger partial charge in [0, 0.05) is 24.2 Å². The van der Waals surface area contributed by atoms with Gasteiger partial charge in [-0.05, 0) is 36.6 Å². The van der Waals surface area contributed by atoms with Gasteiger partial charge < -0.3 is 9.64 Å². The van der Waals surface area contributed by atoms with Crippen molar-refractivity contribution in [3.63, 3.8) is 0 Å². The highest BCUT2D eigenvalue weighted by Crippen LogP contribution is 2.43. The Morgan fingerprint density at radius 3 is 2.40 bits per heavy atom. The minimum atomic E-state index is -0.429. The van der Waals surface area contributed by atoms with Crippen LogP contribution in [0.25, 0.3) is 0 Å². The summed E-state index contributed by atoms with van der Waals surface area (Å²) < 4.78 is 5.42. The van der Waals surface area contributed by atoms with Gasteiger partial charge in [0.05, 0.1) is 12.5 Å². The lowest BCUT2D eigenvalue weighted by molar-refractivity contribution is -0.136. The molecule has 1 aliphatic rings. The lowest BCUT2D eigenvalue weighted by Gasteiger charge is -2.33. The Hall–Kier alpha value is -2.00. The molecule has 1 saturated carbocycles. The molecule has 0 unspecified atom stereocenters. The van der Waals surface area contributed by atoms with Crippen molar-refractivity contribution in [1.29, 1.82) is 0 Å². The van der Waals surface area contributed by atoms with Crippen LogP contribution >= 0.6 is 11.6 Å². The number of likely N-dealkylation sites (N-methyl/N-ethyl adjacent to an activating group) is 1. The van der Waals surface area contributed by atoms with Crippen LogP contribution in [-0.4, -0.2) is 25.0 Å². The van der Waals surface area contributed by atoms with Gasteiger partial charge in [0.25, 0.3) is 0 Å². The van der Waals surface area contributed by atoms with Crippen molar-refractivity contribution in [3.05, 3.63) is 64.7 Å². The Morgan fingerprint density at radius 2 is 1.76 bits per heavy atom. The van der Waals surface area contributed by atoms with E-state index in [9.17, 15) is 4.79 Å². The van der Waals surface area contributed by atoms with Crippen LogP contribution in [0.3, 0.4) is 0 Å². The molecule has 0 saturated heterocycles. The number of amides is 1. The largest absolute Gasteiger partial charge is 0.496 e. The van der Waals surface area contributed by atoms with Gasteiger partial charge in [0.1, 0.15) is 5.75 Å². The van der Waals surface area contributed by atoms with E-state index in [4.69, 9.17) is 16.3 Å². The molecule has 132 valence electrons. The summed E-state index contributed by atoms with van der Waals surface area (Å²) in [5.74, 6) is 0.993. The molecule has 2 aromatic rings. The van der Waals surface area contributed by atoms with Crippen molar-refractivity contribution >= 4 is 17.5 Å². The van der Waals surface area contributed by atoms with E-state index >= 15 is 0 Å². The predicted octanol–water partition coefficient (Wildman–Crippen LogP) is 4.82. The quantitative estimate of drug-likeness (QED) is 0.767. The molecular formula is C21H24ClNO2. The number of carbonyl (C=O) groups excluding carboxylic acids is 1. The predicted molar refractivity (Wildman–Crippen MR) is 101 cm³/mol. The lowest BCUT2D eigenvalue weighted by atomic mass is 9.77. The van der Waals surface area contributed by atoms with Crippen LogP contribution in [0.4, 0.5) is 0 Å². The molecule has 0 bridgehead atoms. The van der Waals surface area contributed by atoms with Crippen LogP contribution < -0.4 is 4.74 Å². The first-order valence-electron chi connectivity index (χ1n) is 8.70. The van der Waals surface area contributed by atoms with E-state index in [1.54, 1.807) is 7.11 Å². The van der Waals surface area contributed by atoms with Crippen molar-refractivity contribution in [3.8, 4) is 5.75 Å². The van der Waals surface area contributed by atoms with Crippen molar-refractivity contribution in [2.24, 2.45) is 0 Å². The fourth-order valence-corrected chi connectivity index (χ4v) is 4.03. The highest BCUT2D eigenvalue weighted by molar-refractivity contribution is 6.30. The average Bonchev–Trinajstić information content (AvgIpc) is 3.13. The zero-order chi connectivity index (χ0) is 17.9. The average molecular weight is 358 g/mol. The maximum atomic E-state index is 13.4. The number of hydrogen-bond donors (Lipinski definition) is 0. The van der Waals surface area contributed by atoms with Crippen LogP contribution in [0, 0.1) is 0 Å². The maximum absolute atomic E-state index is 13.4. The van der Waals surface area contributed by atoms with Gasteiger partial charge >= 0.3 is 0 Å². The number of methoxy groups -OCH3 is 1. The minimum absolute atomic E-state index is 0.179. The fraction of sp³-hybridized carbons (Fsp3) is 0.381. The number of rotatable bonds is 5. The third-order valence-electron chi connectivity index (χ3n) is 5.21. The monoisotopic (exact) mass is 357 g/mol. The van der Waals surface area contributed by atoms with E-state index in [2.05, 4.69) is 0 Å². The molecule has 1 aliphatic carbocycles. The van der Waals surface area contributed by atoms with Gasteiger partial charge in [-0.2, -0.15) is 0 Å². The normalized spacial score (nSPS) is 15.8. The molecule has 25 heavy (non-hydrogen) atoms. The molecule has 1 fully saturated rings. The number of halogens is 1. The number of carbonyl (C=O) groups is 1. The summed E-state index contributed by atoms with van der Waals surface area (Å²) in [7, 11) is 3.54. The molecule has 3 rings (SSSR count). The summed E-state index contributed by atoms with van der Waals surface area (Å²) in [5.41, 5.74) is 1.66. The Bertz CT molecular complexity index is 736. The topological polar surface area (TPSA) is 29.5 Å². The first-order valence-corrected chi connectivity index (χ1v) is 9.08. The van der Waals surface area contributed by atoms with Gasteiger partial charge in [-0.15, -0.1) is 0 Å². The summed E-state index contributed by atoms with van der Waals surface area (Å²) in [4.78, 5) is 15.2.